The summed E-state index contributed by atoms with van der Waals surface area (Å²) in [5, 5.41) is 5.29. The number of ether oxygens (including phenoxy) is 1. The summed E-state index contributed by atoms with van der Waals surface area (Å²) in [6, 6.07) is 9.53. The number of hydrogen-bond acceptors (Lipinski definition) is 2. The summed E-state index contributed by atoms with van der Waals surface area (Å²) in [7, 11) is 1.58. The average Bonchev–Trinajstić information content (AvgIpc) is 2.53. The van der Waals surface area contributed by atoms with Crippen LogP contribution in [0.3, 0.4) is 0 Å². The van der Waals surface area contributed by atoms with Gasteiger partial charge in [0.2, 0.25) is 0 Å². The van der Waals surface area contributed by atoms with E-state index in [1.165, 1.54) is 6.07 Å². The lowest BCUT2D eigenvalue weighted by Gasteiger charge is -2.16. The van der Waals surface area contributed by atoms with Crippen LogP contribution in [0.4, 0.5) is 13.6 Å². The minimum absolute atomic E-state index is 0.228. The lowest BCUT2D eigenvalue weighted by atomic mass is 10.1. The quantitative estimate of drug-likeness (QED) is 0.885. The number of carbonyl (C=O) groups excluding carboxylic acids is 1. The number of nitrogens with one attached hydrogen (secondary N) is 2. The van der Waals surface area contributed by atoms with Gasteiger partial charge in [-0.2, -0.15) is 0 Å². The van der Waals surface area contributed by atoms with E-state index in [4.69, 9.17) is 4.74 Å². The summed E-state index contributed by atoms with van der Waals surface area (Å²) in [5.41, 5.74) is 1.13. The van der Waals surface area contributed by atoms with E-state index in [1.54, 1.807) is 26.2 Å². The van der Waals surface area contributed by atoms with Crippen molar-refractivity contribution in [3.05, 3.63) is 65.2 Å². The molecule has 1 unspecified atom stereocenters. The van der Waals surface area contributed by atoms with Gasteiger partial charge in [-0.25, -0.2) is 13.6 Å². The van der Waals surface area contributed by atoms with Crippen molar-refractivity contribution in [2.45, 2.75) is 19.5 Å². The first kappa shape index (κ1) is 16.7. The maximum absolute atomic E-state index is 13.6. The Morgan fingerprint density at radius 1 is 1.17 bits per heavy atom. The highest BCUT2D eigenvalue weighted by molar-refractivity contribution is 5.74. The highest BCUT2D eigenvalue weighted by atomic mass is 19.1. The van der Waals surface area contributed by atoms with Gasteiger partial charge in [-0.1, -0.05) is 18.2 Å². The van der Waals surface area contributed by atoms with E-state index in [0.717, 1.165) is 23.4 Å². The van der Waals surface area contributed by atoms with Gasteiger partial charge < -0.3 is 15.4 Å². The van der Waals surface area contributed by atoms with Crippen LogP contribution in [0.25, 0.3) is 0 Å². The molecule has 0 aromatic heterocycles. The summed E-state index contributed by atoms with van der Waals surface area (Å²) in [6.07, 6.45) is 0. The molecule has 0 fully saturated rings. The van der Waals surface area contributed by atoms with E-state index in [1.807, 2.05) is 12.1 Å². The molecule has 23 heavy (non-hydrogen) atoms. The minimum Gasteiger partial charge on any atom is -0.497 e. The maximum Gasteiger partial charge on any atom is 0.315 e. The van der Waals surface area contributed by atoms with Gasteiger partial charge in [0.15, 0.2) is 0 Å². The zero-order chi connectivity index (χ0) is 16.8. The molecule has 0 aliphatic heterocycles. The Kier molecular flexibility index (Phi) is 5.51. The summed E-state index contributed by atoms with van der Waals surface area (Å²) < 4.78 is 31.6. The van der Waals surface area contributed by atoms with Crippen molar-refractivity contribution in [3.8, 4) is 5.75 Å². The van der Waals surface area contributed by atoms with Gasteiger partial charge in [0.05, 0.1) is 13.2 Å². The molecule has 2 amide bonds. The Morgan fingerprint density at radius 3 is 2.48 bits per heavy atom. The van der Waals surface area contributed by atoms with E-state index in [0.29, 0.717) is 6.54 Å². The Hall–Kier alpha value is -2.63. The van der Waals surface area contributed by atoms with Crippen molar-refractivity contribution in [1.29, 1.82) is 0 Å². The predicted octanol–water partition coefficient (Wildman–Crippen LogP) is 3.53. The lowest BCUT2D eigenvalue weighted by Crippen LogP contribution is -2.36. The molecule has 2 aromatic carbocycles. The second-order valence-electron chi connectivity index (χ2n) is 5.06. The molecule has 4 nitrogen and oxygen atoms in total. The van der Waals surface area contributed by atoms with Gasteiger partial charge in [-0.3, -0.25) is 0 Å². The fourth-order valence-electron chi connectivity index (χ4n) is 2.10. The minimum atomic E-state index is -0.687. The first-order valence-corrected chi connectivity index (χ1v) is 7.12. The van der Waals surface area contributed by atoms with Crippen LogP contribution in [0.1, 0.15) is 24.1 Å². The molecule has 0 radical (unpaired) electrons. The average molecular weight is 320 g/mol. The molecule has 1 atom stereocenters. The fraction of sp³-hybridized carbons (Fsp3) is 0.235. The van der Waals surface area contributed by atoms with E-state index in [-0.39, 0.29) is 5.56 Å². The van der Waals surface area contributed by atoms with Crippen molar-refractivity contribution in [3.63, 3.8) is 0 Å². The van der Waals surface area contributed by atoms with Gasteiger partial charge in [0.1, 0.15) is 17.4 Å². The highest BCUT2D eigenvalue weighted by Crippen LogP contribution is 2.17. The number of halogens is 2. The Labute approximate surface area is 133 Å². The monoisotopic (exact) mass is 320 g/mol. The molecule has 0 aliphatic rings. The number of amides is 2. The molecule has 6 heteroatoms. The van der Waals surface area contributed by atoms with E-state index >= 15 is 0 Å². The van der Waals surface area contributed by atoms with Crippen LogP contribution in [0.15, 0.2) is 42.5 Å². The Morgan fingerprint density at radius 2 is 1.87 bits per heavy atom. The summed E-state index contributed by atoms with van der Waals surface area (Å²) in [6.45, 7) is 1.96. The van der Waals surface area contributed by atoms with Gasteiger partial charge in [-0.05, 0) is 30.7 Å². The van der Waals surface area contributed by atoms with Crippen LogP contribution in [0.5, 0.6) is 5.75 Å². The van der Waals surface area contributed by atoms with Crippen molar-refractivity contribution in [2.75, 3.05) is 7.11 Å². The lowest BCUT2D eigenvalue weighted by molar-refractivity contribution is 0.237. The predicted molar refractivity (Wildman–Crippen MR) is 83.1 cm³/mol. The standard InChI is InChI=1S/C17H18F2N2O2/c1-11(15-8-5-13(18)9-16(15)19)21-17(22)20-10-12-3-6-14(23-2)7-4-12/h3-9,11H,10H2,1-2H3,(H2,20,21,22). The number of hydrogen-bond donors (Lipinski definition) is 2. The molecule has 0 saturated heterocycles. The normalized spacial score (nSPS) is 11.7. The smallest absolute Gasteiger partial charge is 0.315 e. The van der Waals surface area contributed by atoms with Crippen molar-refractivity contribution in [1.82, 2.24) is 10.6 Å². The zero-order valence-electron chi connectivity index (χ0n) is 12.9. The largest absolute Gasteiger partial charge is 0.497 e. The molecule has 0 spiro atoms. The number of benzene rings is 2. The highest BCUT2D eigenvalue weighted by Gasteiger charge is 2.14. The van der Waals surface area contributed by atoms with E-state index in [9.17, 15) is 13.6 Å². The van der Waals surface area contributed by atoms with E-state index < -0.39 is 23.7 Å². The Balaban J connectivity index is 1.88. The topological polar surface area (TPSA) is 50.4 Å². The van der Waals surface area contributed by atoms with Gasteiger partial charge >= 0.3 is 6.03 Å². The van der Waals surface area contributed by atoms with Crippen LogP contribution >= 0.6 is 0 Å². The molecular weight excluding hydrogens is 302 g/mol. The fourth-order valence-corrected chi connectivity index (χ4v) is 2.10. The van der Waals surface area contributed by atoms with Crippen LogP contribution in [-0.2, 0) is 6.54 Å². The molecular formula is C17H18F2N2O2. The zero-order valence-corrected chi connectivity index (χ0v) is 12.9. The Bertz CT molecular complexity index is 675. The number of carbonyl (C=O) groups is 1. The molecule has 0 aliphatic carbocycles. The molecule has 2 N–H and O–H groups in total. The second kappa shape index (κ2) is 7.58. The van der Waals surface area contributed by atoms with Crippen LogP contribution in [-0.4, -0.2) is 13.1 Å². The van der Waals surface area contributed by atoms with Crippen LogP contribution in [0.2, 0.25) is 0 Å². The number of urea groups is 1. The van der Waals surface area contributed by atoms with E-state index in [2.05, 4.69) is 10.6 Å². The molecule has 2 rings (SSSR count). The van der Waals surface area contributed by atoms with Crippen LogP contribution in [0, 0.1) is 11.6 Å². The third kappa shape index (κ3) is 4.67. The van der Waals surface area contributed by atoms with Crippen molar-refractivity contribution in [2.24, 2.45) is 0 Å². The first-order valence-electron chi connectivity index (χ1n) is 7.12. The summed E-state index contributed by atoms with van der Waals surface area (Å²) in [4.78, 5) is 11.9. The third-order valence-corrected chi connectivity index (χ3v) is 3.39. The molecule has 0 saturated carbocycles. The van der Waals surface area contributed by atoms with Gasteiger partial charge in [-0.15, -0.1) is 0 Å². The van der Waals surface area contributed by atoms with Crippen molar-refractivity contribution >= 4 is 6.03 Å². The SMILES string of the molecule is COc1ccc(CNC(=O)NC(C)c2ccc(F)cc2F)cc1. The molecule has 2 aromatic rings. The van der Waals surface area contributed by atoms with Gasteiger partial charge in [0, 0.05) is 18.2 Å². The maximum atomic E-state index is 13.6. The first-order chi connectivity index (χ1) is 11.0. The second-order valence-corrected chi connectivity index (χ2v) is 5.06. The number of rotatable bonds is 5. The molecule has 0 heterocycles. The van der Waals surface area contributed by atoms with Crippen LogP contribution < -0.4 is 15.4 Å². The van der Waals surface area contributed by atoms with Crippen molar-refractivity contribution < 1.29 is 18.3 Å². The van der Waals surface area contributed by atoms with Gasteiger partial charge in [0.25, 0.3) is 0 Å². The molecule has 0 bridgehead atoms. The summed E-state index contributed by atoms with van der Waals surface area (Å²) in [5.74, 6) is -0.603. The molecule has 122 valence electrons. The summed E-state index contributed by atoms with van der Waals surface area (Å²) >= 11 is 0. The number of methoxy groups -OCH3 is 1. The third-order valence-electron chi connectivity index (χ3n) is 3.39.